The lowest BCUT2D eigenvalue weighted by atomic mass is 10.1. The number of fused-ring (bicyclic) bond motifs is 3. The van der Waals surface area contributed by atoms with E-state index in [4.69, 9.17) is 5.84 Å². The summed E-state index contributed by atoms with van der Waals surface area (Å²) in [4.78, 5) is 0. The van der Waals surface area contributed by atoms with Gasteiger partial charge in [-0.25, -0.2) is 0 Å². The van der Waals surface area contributed by atoms with E-state index >= 15 is 0 Å². The molecule has 0 saturated carbocycles. The number of aromatic nitrogens is 1. The molecule has 2 N–H and O–H groups in total. The van der Waals surface area contributed by atoms with Crippen LogP contribution in [0.25, 0.3) is 5.69 Å². The van der Waals surface area contributed by atoms with Crippen LogP contribution in [0.4, 0.5) is 0 Å². The van der Waals surface area contributed by atoms with Crippen molar-refractivity contribution in [2.24, 2.45) is 10.9 Å². The van der Waals surface area contributed by atoms with Crippen LogP contribution in [0.15, 0.2) is 47.7 Å². The lowest BCUT2D eigenvalue weighted by Crippen LogP contribution is -2.01. The standard InChI is InChI=1S/C11H9N3/c12-13-11-8-4-1-2-5-9(8)14-7-3-6-10(11)14/h1-7H,12H2. The summed E-state index contributed by atoms with van der Waals surface area (Å²) in [5.41, 5.74) is 4.18. The Morgan fingerprint density at radius 2 is 1.93 bits per heavy atom. The van der Waals surface area contributed by atoms with Crippen LogP contribution in [0.5, 0.6) is 0 Å². The van der Waals surface area contributed by atoms with Gasteiger partial charge >= 0.3 is 0 Å². The van der Waals surface area contributed by atoms with Gasteiger partial charge in [0.25, 0.3) is 0 Å². The van der Waals surface area contributed by atoms with Gasteiger partial charge in [-0.1, -0.05) is 18.2 Å². The molecular formula is C11H9N3. The first-order valence-electron chi connectivity index (χ1n) is 4.47. The molecule has 0 fully saturated rings. The van der Waals surface area contributed by atoms with Crippen LogP contribution in [0.2, 0.25) is 0 Å². The molecule has 0 aliphatic carbocycles. The van der Waals surface area contributed by atoms with Gasteiger partial charge in [-0.05, 0) is 18.2 Å². The number of benzene rings is 1. The SMILES string of the molecule is NN=C1c2ccccc2-n2cccc21. The van der Waals surface area contributed by atoms with Crippen LogP contribution in [-0.4, -0.2) is 10.3 Å². The molecule has 68 valence electrons. The molecule has 1 aromatic heterocycles. The Labute approximate surface area is 81.5 Å². The molecule has 2 heterocycles. The second-order valence-corrected chi connectivity index (χ2v) is 3.26. The van der Waals surface area contributed by atoms with Crippen LogP contribution in [0.1, 0.15) is 11.3 Å². The van der Waals surface area contributed by atoms with Crippen molar-refractivity contribution in [1.29, 1.82) is 0 Å². The van der Waals surface area contributed by atoms with Gasteiger partial charge in [-0.2, -0.15) is 5.10 Å². The lowest BCUT2D eigenvalue weighted by Gasteiger charge is -1.98. The second kappa shape index (κ2) is 2.48. The summed E-state index contributed by atoms with van der Waals surface area (Å²) < 4.78 is 2.10. The molecule has 0 radical (unpaired) electrons. The van der Waals surface area contributed by atoms with E-state index in [-0.39, 0.29) is 0 Å². The molecule has 2 aromatic rings. The highest BCUT2D eigenvalue weighted by Crippen LogP contribution is 2.27. The smallest absolute Gasteiger partial charge is 0.116 e. The van der Waals surface area contributed by atoms with Crippen molar-refractivity contribution < 1.29 is 0 Å². The summed E-state index contributed by atoms with van der Waals surface area (Å²) in [7, 11) is 0. The third kappa shape index (κ3) is 0.738. The van der Waals surface area contributed by atoms with Gasteiger partial charge in [0, 0.05) is 11.8 Å². The molecule has 1 aliphatic heterocycles. The Balaban J connectivity index is 2.42. The average Bonchev–Trinajstić information content (AvgIpc) is 2.77. The van der Waals surface area contributed by atoms with Crippen molar-refractivity contribution in [3.63, 3.8) is 0 Å². The van der Waals surface area contributed by atoms with E-state index in [1.54, 1.807) is 0 Å². The number of nitrogens with zero attached hydrogens (tertiary/aromatic N) is 2. The van der Waals surface area contributed by atoms with Gasteiger partial charge in [0.05, 0.1) is 11.4 Å². The summed E-state index contributed by atoms with van der Waals surface area (Å²) in [6, 6.07) is 12.1. The number of hydrogen-bond acceptors (Lipinski definition) is 2. The molecule has 3 heteroatoms. The number of hydrogen-bond donors (Lipinski definition) is 1. The first-order valence-corrected chi connectivity index (χ1v) is 4.47. The van der Waals surface area contributed by atoms with Gasteiger partial charge in [0.1, 0.15) is 5.71 Å². The largest absolute Gasteiger partial charge is 0.323 e. The molecule has 1 aliphatic rings. The molecule has 0 bridgehead atoms. The monoisotopic (exact) mass is 183 g/mol. The van der Waals surface area contributed by atoms with Gasteiger partial charge in [-0.15, -0.1) is 0 Å². The minimum absolute atomic E-state index is 0.866. The van der Waals surface area contributed by atoms with Crippen LogP contribution < -0.4 is 5.84 Å². The number of para-hydroxylation sites is 1. The molecule has 0 unspecified atom stereocenters. The Morgan fingerprint density at radius 1 is 1.07 bits per heavy atom. The van der Waals surface area contributed by atoms with Gasteiger partial charge < -0.3 is 10.4 Å². The van der Waals surface area contributed by atoms with Crippen molar-refractivity contribution >= 4 is 5.71 Å². The maximum Gasteiger partial charge on any atom is 0.116 e. The Morgan fingerprint density at radius 3 is 2.79 bits per heavy atom. The van der Waals surface area contributed by atoms with Crippen molar-refractivity contribution in [2.75, 3.05) is 0 Å². The highest BCUT2D eigenvalue weighted by molar-refractivity contribution is 6.17. The lowest BCUT2D eigenvalue weighted by molar-refractivity contribution is 1.09. The molecule has 0 saturated heterocycles. The van der Waals surface area contributed by atoms with Gasteiger partial charge in [0.2, 0.25) is 0 Å². The van der Waals surface area contributed by atoms with Crippen molar-refractivity contribution in [1.82, 2.24) is 4.57 Å². The fraction of sp³-hybridized carbons (Fsp3) is 0. The highest BCUT2D eigenvalue weighted by atomic mass is 15.2. The van der Waals surface area contributed by atoms with Crippen LogP contribution in [0.3, 0.4) is 0 Å². The fourth-order valence-electron chi connectivity index (χ4n) is 1.94. The maximum atomic E-state index is 5.40. The summed E-state index contributed by atoms with van der Waals surface area (Å²) in [6.45, 7) is 0. The van der Waals surface area contributed by atoms with E-state index in [9.17, 15) is 0 Å². The van der Waals surface area contributed by atoms with Gasteiger partial charge in [-0.3, -0.25) is 0 Å². The van der Waals surface area contributed by atoms with E-state index in [0.717, 1.165) is 22.7 Å². The minimum Gasteiger partial charge on any atom is -0.323 e. The molecular weight excluding hydrogens is 174 g/mol. The third-order valence-electron chi connectivity index (χ3n) is 2.54. The minimum atomic E-state index is 0.866. The molecule has 1 aromatic carbocycles. The van der Waals surface area contributed by atoms with Crippen molar-refractivity contribution in [2.45, 2.75) is 0 Å². The first-order chi connectivity index (χ1) is 6.92. The average molecular weight is 183 g/mol. The Hall–Kier alpha value is -2.03. The second-order valence-electron chi connectivity index (χ2n) is 3.26. The topological polar surface area (TPSA) is 43.3 Å². The Kier molecular flexibility index (Phi) is 1.31. The molecule has 0 spiro atoms. The van der Waals surface area contributed by atoms with E-state index in [1.807, 2.05) is 36.5 Å². The third-order valence-corrected chi connectivity index (χ3v) is 2.54. The zero-order chi connectivity index (χ0) is 9.54. The number of hydrazone groups is 1. The zero-order valence-electron chi connectivity index (χ0n) is 7.51. The molecule has 3 nitrogen and oxygen atoms in total. The fourth-order valence-corrected chi connectivity index (χ4v) is 1.94. The summed E-state index contributed by atoms with van der Waals surface area (Å²) >= 11 is 0. The number of rotatable bonds is 0. The predicted molar refractivity (Wildman–Crippen MR) is 55.6 cm³/mol. The first kappa shape index (κ1) is 7.38. The normalized spacial score (nSPS) is 15.6. The molecule has 3 rings (SSSR count). The van der Waals surface area contributed by atoms with Gasteiger partial charge in [0.15, 0.2) is 0 Å². The zero-order valence-corrected chi connectivity index (χ0v) is 7.51. The quantitative estimate of drug-likeness (QED) is 0.416. The van der Waals surface area contributed by atoms with Crippen LogP contribution in [-0.2, 0) is 0 Å². The summed E-state index contributed by atoms with van der Waals surface area (Å²) in [5, 5.41) is 3.84. The van der Waals surface area contributed by atoms with Crippen LogP contribution in [0, 0.1) is 0 Å². The molecule has 0 atom stereocenters. The summed E-state index contributed by atoms with van der Waals surface area (Å²) in [6.07, 6.45) is 2.02. The van der Waals surface area contributed by atoms with E-state index in [2.05, 4.69) is 15.7 Å². The van der Waals surface area contributed by atoms with Crippen molar-refractivity contribution in [3.8, 4) is 5.69 Å². The predicted octanol–water partition coefficient (Wildman–Crippen LogP) is 1.50. The maximum absolute atomic E-state index is 5.40. The Bertz CT molecular complexity index is 523. The van der Waals surface area contributed by atoms with E-state index in [1.165, 1.54) is 0 Å². The number of nitrogens with two attached hydrogens (primary N) is 1. The molecule has 0 amide bonds. The van der Waals surface area contributed by atoms with E-state index < -0.39 is 0 Å². The van der Waals surface area contributed by atoms with E-state index in [0.29, 0.717) is 0 Å². The molecule has 14 heavy (non-hydrogen) atoms. The highest BCUT2D eigenvalue weighted by Gasteiger charge is 2.23. The van der Waals surface area contributed by atoms with Crippen molar-refractivity contribution in [3.05, 3.63) is 53.9 Å². The summed E-state index contributed by atoms with van der Waals surface area (Å²) in [5.74, 6) is 5.40. The van der Waals surface area contributed by atoms with Crippen LogP contribution >= 0.6 is 0 Å².